The molecule has 20 heavy (non-hydrogen) atoms. The standard InChI is InChI=1S/C17H15N3/c1-11-5-4-6-16-17(11)13(3)19-20(16)15-8-7-14(10-18)12(2)9-15/h4-9H,1-3H3. The summed E-state index contributed by atoms with van der Waals surface area (Å²) in [6, 6.07) is 14.2. The average molecular weight is 261 g/mol. The van der Waals surface area contributed by atoms with Gasteiger partial charge in [0.05, 0.1) is 28.5 Å². The van der Waals surface area contributed by atoms with E-state index >= 15 is 0 Å². The molecule has 0 radical (unpaired) electrons. The maximum atomic E-state index is 9.02. The van der Waals surface area contributed by atoms with Gasteiger partial charge in [0.1, 0.15) is 0 Å². The van der Waals surface area contributed by atoms with Gasteiger partial charge >= 0.3 is 0 Å². The summed E-state index contributed by atoms with van der Waals surface area (Å²) in [6.07, 6.45) is 0. The fourth-order valence-electron chi connectivity index (χ4n) is 2.66. The third-order valence-corrected chi connectivity index (χ3v) is 3.67. The summed E-state index contributed by atoms with van der Waals surface area (Å²) in [5.41, 5.74) is 6.03. The molecule has 0 atom stereocenters. The molecule has 0 amide bonds. The molecule has 3 rings (SSSR count). The fraction of sp³-hybridized carbons (Fsp3) is 0.176. The first-order chi connectivity index (χ1) is 9.61. The van der Waals surface area contributed by atoms with Gasteiger partial charge in [-0.2, -0.15) is 10.4 Å². The Balaban J connectivity index is 2.28. The van der Waals surface area contributed by atoms with E-state index in [4.69, 9.17) is 5.26 Å². The lowest BCUT2D eigenvalue weighted by Gasteiger charge is -2.06. The first kappa shape index (κ1) is 12.4. The zero-order chi connectivity index (χ0) is 14.3. The number of hydrogen-bond donors (Lipinski definition) is 0. The minimum atomic E-state index is 0.707. The number of nitriles is 1. The molecule has 1 aromatic heterocycles. The second-order valence-corrected chi connectivity index (χ2v) is 5.08. The van der Waals surface area contributed by atoms with Gasteiger partial charge in [-0.05, 0) is 56.2 Å². The summed E-state index contributed by atoms with van der Waals surface area (Å²) < 4.78 is 1.95. The second kappa shape index (κ2) is 4.50. The Morgan fingerprint density at radius 2 is 1.85 bits per heavy atom. The molecule has 0 aliphatic carbocycles. The quantitative estimate of drug-likeness (QED) is 0.668. The summed E-state index contributed by atoms with van der Waals surface area (Å²) >= 11 is 0. The highest BCUT2D eigenvalue weighted by atomic mass is 15.3. The van der Waals surface area contributed by atoms with Crippen LogP contribution >= 0.6 is 0 Å². The van der Waals surface area contributed by atoms with Crippen LogP contribution in [0, 0.1) is 32.1 Å². The van der Waals surface area contributed by atoms with Gasteiger partial charge in [-0.3, -0.25) is 0 Å². The van der Waals surface area contributed by atoms with E-state index in [0.29, 0.717) is 5.56 Å². The van der Waals surface area contributed by atoms with Crippen molar-refractivity contribution in [1.82, 2.24) is 9.78 Å². The van der Waals surface area contributed by atoms with Crippen molar-refractivity contribution in [3.8, 4) is 11.8 Å². The molecule has 0 saturated carbocycles. The van der Waals surface area contributed by atoms with Crippen molar-refractivity contribution < 1.29 is 0 Å². The Labute approximate surface area is 118 Å². The van der Waals surface area contributed by atoms with Crippen LogP contribution in [-0.2, 0) is 0 Å². The number of hydrogen-bond acceptors (Lipinski definition) is 2. The molecule has 3 nitrogen and oxygen atoms in total. The maximum Gasteiger partial charge on any atom is 0.0994 e. The first-order valence-electron chi connectivity index (χ1n) is 6.58. The summed E-state index contributed by atoms with van der Waals surface area (Å²) in [4.78, 5) is 0. The number of benzene rings is 2. The monoisotopic (exact) mass is 261 g/mol. The average Bonchev–Trinajstić information content (AvgIpc) is 2.77. The number of aromatic nitrogens is 2. The molecule has 0 spiro atoms. The first-order valence-corrected chi connectivity index (χ1v) is 6.58. The molecule has 0 aliphatic rings. The third kappa shape index (κ3) is 1.78. The van der Waals surface area contributed by atoms with Gasteiger partial charge in [0.25, 0.3) is 0 Å². The molecule has 98 valence electrons. The second-order valence-electron chi connectivity index (χ2n) is 5.08. The van der Waals surface area contributed by atoms with E-state index in [1.807, 2.05) is 42.8 Å². The van der Waals surface area contributed by atoms with Crippen LogP contribution in [-0.4, -0.2) is 9.78 Å². The van der Waals surface area contributed by atoms with Crippen LogP contribution in [0.1, 0.15) is 22.4 Å². The summed E-state index contributed by atoms with van der Waals surface area (Å²) in [5, 5.41) is 14.9. The lowest BCUT2D eigenvalue weighted by Crippen LogP contribution is -1.97. The van der Waals surface area contributed by atoms with Gasteiger partial charge in [-0.1, -0.05) is 12.1 Å². The van der Waals surface area contributed by atoms with Crippen LogP contribution in [0.3, 0.4) is 0 Å². The van der Waals surface area contributed by atoms with E-state index < -0.39 is 0 Å². The predicted octanol–water partition coefficient (Wildman–Crippen LogP) is 3.82. The summed E-state index contributed by atoms with van der Waals surface area (Å²) in [7, 11) is 0. The molecule has 1 heterocycles. The zero-order valence-corrected chi connectivity index (χ0v) is 11.8. The van der Waals surface area contributed by atoms with Gasteiger partial charge < -0.3 is 0 Å². The summed E-state index contributed by atoms with van der Waals surface area (Å²) in [5.74, 6) is 0. The van der Waals surface area contributed by atoms with Crippen molar-refractivity contribution >= 4 is 10.9 Å². The Hall–Kier alpha value is -2.60. The van der Waals surface area contributed by atoms with Crippen LogP contribution in [0.25, 0.3) is 16.6 Å². The Morgan fingerprint density at radius 1 is 1.05 bits per heavy atom. The highest BCUT2D eigenvalue weighted by molar-refractivity contribution is 5.86. The Kier molecular flexibility index (Phi) is 2.80. The van der Waals surface area contributed by atoms with Crippen LogP contribution in [0.5, 0.6) is 0 Å². The molecule has 2 aromatic carbocycles. The van der Waals surface area contributed by atoms with Gasteiger partial charge in [0, 0.05) is 5.39 Å². The minimum Gasteiger partial charge on any atom is -0.233 e. The van der Waals surface area contributed by atoms with E-state index in [1.165, 1.54) is 10.9 Å². The van der Waals surface area contributed by atoms with E-state index in [-0.39, 0.29) is 0 Å². The summed E-state index contributed by atoms with van der Waals surface area (Å²) in [6.45, 7) is 6.08. The molecule has 0 aliphatic heterocycles. The van der Waals surface area contributed by atoms with E-state index in [1.54, 1.807) is 0 Å². The van der Waals surface area contributed by atoms with Crippen LogP contribution in [0.15, 0.2) is 36.4 Å². The van der Waals surface area contributed by atoms with Gasteiger partial charge in [0.15, 0.2) is 0 Å². The van der Waals surface area contributed by atoms with Crippen LogP contribution in [0.4, 0.5) is 0 Å². The highest BCUT2D eigenvalue weighted by Crippen LogP contribution is 2.25. The zero-order valence-electron chi connectivity index (χ0n) is 11.8. The number of rotatable bonds is 1. The molecule has 0 fully saturated rings. The maximum absolute atomic E-state index is 9.02. The van der Waals surface area contributed by atoms with Crippen molar-refractivity contribution in [3.63, 3.8) is 0 Å². The highest BCUT2D eigenvalue weighted by Gasteiger charge is 2.11. The van der Waals surface area contributed by atoms with E-state index in [0.717, 1.165) is 22.5 Å². The number of aryl methyl sites for hydroxylation is 3. The molecular formula is C17H15N3. The Morgan fingerprint density at radius 3 is 2.55 bits per heavy atom. The van der Waals surface area contributed by atoms with Crippen LogP contribution < -0.4 is 0 Å². The lowest BCUT2D eigenvalue weighted by molar-refractivity contribution is 0.887. The lowest BCUT2D eigenvalue weighted by atomic mass is 10.1. The molecule has 0 unspecified atom stereocenters. The minimum absolute atomic E-state index is 0.707. The molecule has 0 N–H and O–H groups in total. The van der Waals surface area contributed by atoms with Crippen molar-refractivity contribution in [3.05, 3.63) is 58.8 Å². The van der Waals surface area contributed by atoms with Crippen molar-refractivity contribution in [2.24, 2.45) is 0 Å². The molecule has 0 bridgehead atoms. The Bertz CT molecular complexity index is 851. The molecular weight excluding hydrogens is 246 g/mol. The SMILES string of the molecule is Cc1cc(-n2nc(C)c3c(C)cccc32)ccc1C#N. The van der Waals surface area contributed by atoms with Gasteiger partial charge in [0.2, 0.25) is 0 Å². The van der Waals surface area contributed by atoms with E-state index in [9.17, 15) is 0 Å². The van der Waals surface area contributed by atoms with Gasteiger partial charge in [-0.15, -0.1) is 0 Å². The smallest absolute Gasteiger partial charge is 0.0994 e. The van der Waals surface area contributed by atoms with Crippen molar-refractivity contribution in [2.45, 2.75) is 20.8 Å². The molecule has 3 aromatic rings. The van der Waals surface area contributed by atoms with Crippen molar-refractivity contribution in [1.29, 1.82) is 5.26 Å². The number of fused-ring (bicyclic) bond motifs is 1. The largest absolute Gasteiger partial charge is 0.233 e. The number of nitrogens with zero attached hydrogens (tertiary/aromatic N) is 3. The van der Waals surface area contributed by atoms with Crippen molar-refractivity contribution in [2.75, 3.05) is 0 Å². The molecule has 3 heteroatoms. The third-order valence-electron chi connectivity index (χ3n) is 3.67. The predicted molar refractivity (Wildman–Crippen MR) is 80.0 cm³/mol. The molecule has 0 saturated heterocycles. The van der Waals surface area contributed by atoms with E-state index in [2.05, 4.69) is 30.2 Å². The normalized spacial score (nSPS) is 10.7. The topological polar surface area (TPSA) is 41.6 Å². The van der Waals surface area contributed by atoms with Crippen LogP contribution in [0.2, 0.25) is 0 Å². The van der Waals surface area contributed by atoms with Gasteiger partial charge in [-0.25, -0.2) is 4.68 Å². The fourth-order valence-corrected chi connectivity index (χ4v) is 2.66.